The molecule has 96 valence electrons. The maximum atomic E-state index is 10.5. The number of aliphatic carboxylic acids is 1. The zero-order valence-corrected chi connectivity index (χ0v) is 10.4. The van der Waals surface area contributed by atoms with Crippen molar-refractivity contribution in [3.63, 3.8) is 0 Å². The van der Waals surface area contributed by atoms with Gasteiger partial charge in [0.1, 0.15) is 5.75 Å². The molecule has 0 saturated heterocycles. The number of aryl methyl sites for hydroxylation is 1. The number of benzene rings is 1. The monoisotopic (exact) mass is 255 g/mol. The molecule has 1 heterocycles. The molecule has 4 nitrogen and oxygen atoms in total. The predicted octanol–water partition coefficient (Wildman–Crippen LogP) is 3.28. The van der Waals surface area contributed by atoms with Crippen LogP contribution >= 0.6 is 0 Å². The van der Waals surface area contributed by atoms with Crippen molar-refractivity contribution in [3.8, 4) is 11.6 Å². The van der Waals surface area contributed by atoms with Crippen LogP contribution in [0.4, 0.5) is 0 Å². The number of pyridine rings is 1. The molecule has 0 aliphatic heterocycles. The number of rotatable bonds is 4. The highest BCUT2D eigenvalue weighted by atomic mass is 16.5. The molecule has 0 unspecified atom stereocenters. The van der Waals surface area contributed by atoms with Gasteiger partial charge >= 0.3 is 5.97 Å². The molecule has 0 aliphatic carbocycles. The van der Waals surface area contributed by atoms with Gasteiger partial charge in [0, 0.05) is 17.8 Å². The van der Waals surface area contributed by atoms with E-state index in [2.05, 4.69) is 4.98 Å². The van der Waals surface area contributed by atoms with Crippen molar-refractivity contribution in [2.75, 3.05) is 0 Å². The maximum Gasteiger partial charge on any atom is 0.328 e. The van der Waals surface area contributed by atoms with Gasteiger partial charge in [-0.1, -0.05) is 18.2 Å². The Morgan fingerprint density at radius 1 is 1.26 bits per heavy atom. The van der Waals surface area contributed by atoms with Gasteiger partial charge in [0.25, 0.3) is 0 Å². The molecule has 2 rings (SSSR count). The average Bonchev–Trinajstić information content (AvgIpc) is 2.40. The van der Waals surface area contributed by atoms with Gasteiger partial charge in [-0.15, -0.1) is 0 Å². The van der Waals surface area contributed by atoms with Crippen LogP contribution in [0.25, 0.3) is 6.08 Å². The fourth-order valence-corrected chi connectivity index (χ4v) is 1.55. The third-order valence-corrected chi connectivity index (χ3v) is 2.51. The van der Waals surface area contributed by atoms with Gasteiger partial charge in [-0.05, 0) is 36.8 Å². The summed E-state index contributed by atoms with van der Waals surface area (Å²) < 4.78 is 5.72. The van der Waals surface area contributed by atoms with E-state index in [-0.39, 0.29) is 0 Å². The topological polar surface area (TPSA) is 59.4 Å². The van der Waals surface area contributed by atoms with Crippen molar-refractivity contribution in [2.45, 2.75) is 6.92 Å². The number of carboxylic acids is 1. The van der Waals surface area contributed by atoms with Gasteiger partial charge in [0.15, 0.2) is 0 Å². The summed E-state index contributed by atoms with van der Waals surface area (Å²) in [6.45, 7) is 1.94. The first-order valence-electron chi connectivity index (χ1n) is 5.76. The van der Waals surface area contributed by atoms with Gasteiger partial charge in [-0.3, -0.25) is 0 Å². The third-order valence-electron chi connectivity index (χ3n) is 2.51. The molecule has 1 aromatic carbocycles. The zero-order valence-electron chi connectivity index (χ0n) is 10.4. The number of hydrogen-bond donors (Lipinski definition) is 1. The van der Waals surface area contributed by atoms with Crippen LogP contribution < -0.4 is 4.74 Å². The summed E-state index contributed by atoms with van der Waals surface area (Å²) in [4.78, 5) is 14.7. The molecule has 0 aliphatic rings. The number of carbonyl (C=O) groups is 1. The molecule has 4 heteroatoms. The molecule has 19 heavy (non-hydrogen) atoms. The van der Waals surface area contributed by atoms with Crippen molar-refractivity contribution in [3.05, 3.63) is 59.8 Å². The van der Waals surface area contributed by atoms with Crippen LogP contribution in [0, 0.1) is 6.92 Å². The lowest BCUT2D eigenvalue weighted by Crippen LogP contribution is -1.93. The van der Waals surface area contributed by atoms with Gasteiger partial charge in [0.2, 0.25) is 5.88 Å². The number of ether oxygens (including phenoxy) is 1. The van der Waals surface area contributed by atoms with Gasteiger partial charge in [-0.2, -0.15) is 0 Å². The highest BCUT2D eigenvalue weighted by molar-refractivity contribution is 5.85. The van der Waals surface area contributed by atoms with E-state index >= 15 is 0 Å². The molecule has 2 aromatic rings. The summed E-state index contributed by atoms with van der Waals surface area (Å²) in [6, 6.07) is 11.1. The predicted molar refractivity (Wildman–Crippen MR) is 72.2 cm³/mol. The summed E-state index contributed by atoms with van der Waals surface area (Å²) >= 11 is 0. The Balaban J connectivity index is 2.30. The molecule has 0 amide bonds. The quantitative estimate of drug-likeness (QED) is 0.852. The highest BCUT2D eigenvalue weighted by Gasteiger charge is 2.05. The molecule has 0 fully saturated rings. The summed E-state index contributed by atoms with van der Waals surface area (Å²) in [5.74, 6) is 0.0752. The fourth-order valence-electron chi connectivity index (χ4n) is 1.55. The minimum atomic E-state index is -1.01. The van der Waals surface area contributed by atoms with E-state index in [0.717, 1.165) is 11.6 Å². The van der Waals surface area contributed by atoms with E-state index in [9.17, 15) is 4.79 Å². The summed E-state index contributed by atoms with van der Waals surface area (Å²) in [7, 11) is 0. The Kier molecular flexibility index (Phi) is 3.93. The smallest absolute Gasteiger partial charge is 0.328 e. The van der Waals surface area contributed by atoms with E-state index in [4.69, 9.17) is 9.84 Å². The van der Waals surface area contributed by atoms with Crippen molar-refractivity contribution < 1.29 is 14.6 Å². The number of nitrogens with zero attached hydrogens (tertiary/aromatic N) is 1. The van der Waals surface area contributed by atoms with Crippen LogP contribution in [0.2, 0.25) is 0 Å². The second-order valence-corrected chi connectivity index (χ2v) is 3.94. The SMILES string of the molecule is Cc1ccccc1Oc1ncccc1/C=C/C(=O)O. The van der Waals surface area contributed by atoms with Crippen molar-refractivity contribution in [1.29, 1.82) is 0 Å². The van der Waals surface area contributed by atoms with Gasteiger partial charge < -0.3 is 9.84 Å². The Labute approximate surface area is 111 Å². The van der Waals surface area contributed by atoms with E-state index in [1.807, 2.05) is 31.2 Å². The first-order chi connectivity index (χ1) is 9.16. The third kappa shape index (κ3) is 3.42. The largest absolute Gasteiger partial charge is 0.478 e. The molecule has 0 radical (unpaired) electrons. The molecule has 0 spiro atoms. The molecule has 0 atom stereocenters. The number of carboxylic acid groups (broad SMARTS) is 1. The molecule has 1 N–H and O–H groups in total. The molecule has 1 aromatic heterocycles. The van der Waals surface area contributed by atoms with Crippen LogP contribution in [0.3, 0.4) is 0 Å². The van der Waals surface area contributed by atoms with E-state index in [1.54, 1.807) is 18.3 Å². The minimum absolute atomic E-state index is 0.384. The van der Waals surface area contributed by atoms with Gasteiger partial charge in [-0.25, -0.2) is 9.78 Å². The van der Waals surface area contributed by atoms with Crippen LogP contribution in [0.1, 0.15) is 11.1 Å². The number of aromatic nitrogens is 1. The Bertz CT molecular complexity index is 620. The normalized spacial score (nSPS) is 10.6. The van der Waals surface area contributed by atoms with Crippen LogP contribution in [-0.4, -0.2) is 16.1 Å². The zero-order chi connectivity index (χ0) is 13.7. The minimum Gasteiger partial charge on any atom is -0.478 e. The van der Waals surface area contributed by atoms with E-state index in [0.29, 0.717) is 17.2 Å². The maximum absolute atomic E-state index is 10.5. The van der Waals surface area contributed by atoms with Crippen LogP contribution in [0.5, 0.6) is 11.6 Å². The second kappa shape index (κ2) is 5.82. The van der Waals surface area contributed by atoms with E-state index in [1.165, 1.54) is 6.08 Å². The fraction of sp³-hybridized carbons (Fsp3) is 0.0667. The summed E-state index contributed by atoms with van der Waals surface area (Å²) in [6.07, 6.45) is 4.12. The van der Waals surface area contributed by atoms with E-state index < -0.39 is 5.97 Å². The molecular formula is C15H13NO3. The molecular weight excluding hydrogens is 242 g/mol. The van der Waals surface area contributed by atoms with Crippen molar-refractivity contribution in [1.82, 2.24) is 4.98 Å². The number of para-hydroxylation sites is 1. The average molecular weight is 255 g/mol. The highest BCUT2D eigenvalue weighted by Crippen LogP contribution is 2.26. The first-order valence-corrected chi connectivity index (χ1v) is 5.76. The lowest BCUT2D eigenvalue weighted by Gasteiger charge is -2.09. The summed E-state index contributed by atoms with van der Waals surface area (Å²) in [5, 5.41) is 8.65. The second-order valence-electron chi connectivity index (χ2n) is 3.94. The Hall–Kier alpha value is -2.62. The number of hydrogen-bond acceptors (Lipinski definition) is 3. The van der Waals surface area contributed by atoms with Crippen molar-refractivity contribution in [2.24, 2.45) is 0 Å². The Morgan fingerprint density at radius 3 is 2.79 bits per heavy atom. The molecule has 0 bridgehead atoms. The summed E-state index contributed by atoms with van der Waals surface area (Å²) in [5.41, 5.74) is 1.61. The van der Waals surface area contributed by atoms with Crippen LogP contribution in [0.15, 0.2) is 48.7 Å². The first kappa shape index (κ1) is 12.8. The van der Waals surface area contributed by atoms with Gasteiger partial charge in [0.05, 0.1) is 0 Å². The van der Waals surface area contributed by atoms with Crippen LogP contribution in [-0.2, 0) is 4.79 Å². The Morgan fingerprint density at radius 2 is 2.05 bits per heavy atom. The molecule has 0 saturated carbocycles. The lowest BCUT2D eigenvalue weighted by molar-refractivity contribution is -0.131. The standard InChI is InChI=1S/C15H13NO3/c1-11-5-2-3-7-13(11)19-15-12(6-4-10-16-15)8-9-14(17)18/h2-10H,1H3,(H,17,18)/b9-8+. The van der Waals surface area contributed by atoms with Crippen molar-refractivity contribution >= 4 is 12.0 Å². The lowest BCUT2D eigenvalue weighted by atomic mass is 10.2.